The second-order valence-corrected chi connectivity index (χ2v) is 6.97. The van der Waals surface area contributed by atoms with E-state index in [-0.39, 0.29) is 17.4 Å². The number of rotatable bonds is 3. The summed E-state index contributed by atoms with van der Waals surface area (Å²) in [5.41, 5.74) is 3.66. The Hall–Kier alpha value is -0.880. The van der Waals surface area contributed by atoms with Crippen molar-refractivity contribution in [3.63, 3.8) is 0 Å². The zero-order valence-corrected chi connectivity index (χ0v) is 12.5. The number of nitrogens with one attached hydrogen (secondary N) is 1. The minimum absolute atomic E-state index is 0.0596. The molecule has 1 heterocycles. The van der Waals surface area contributed by atoms with E-state index in [0.717, 1.165) is 11.5 Å². The number of hydrazone groups is 1. The summed E-state index contributed by atoms with van der Waals surface area (Å²) in [4.78, 5) is 0. The Bertz CT molecular complexity index is 380. The third kappa shape index (κ3) is 4.78. The van der Waals surface area contributed by atoms with Crippen molar-refractivity contribution in [1.29, 1.82) is 0 Å². The van der Waals surface area contributed by atoms with Gasteiger partial charge in [0.25, 0.3) is 0 Å². The molecule has 0 spiro atoms. The van der Waals surface area contributed by atoms with Crippen LogP contribution in [-0.4, -0.2) is 34.6 Å². The molecule has 0 unspecified atom stereocenters. The molecule has 1 aliphatic heterocycles. The Labute approximate surface area is 113 Å². The zero-order valence-electron chi connectivity index (χ0n) is 11.7. The maximum atomic E-state index is 9.08. The van der Waals surface area contributed by atoms with Crippen LogP contribution in [0.4, 0.5) is 0 Å². The van der Waals surface area contributed by atoms with E-state index in [2.05, 4.69) is 41.5 Å². The Morgan fingerprint density at radius 3 is 2.44 bits per heavy atom. The number of hydrogen-bond acceptors (Lipinski definition) is 6. The second kappa shape index (κ2) is 5.84. The molecule has 0 bridgehead atoms. The highest BCUT2D eigenvalue weighted by Crippen LogP contribution is 2.22. The molecule has 5 nitrogen and oxygen atoms in total. The maximum Gasteiger partial charge on any atom is 0.203 e. The topological polar surface area (TPSA) is 69.3 Å². The molecule has 0 amide bonds. The number of thioether (sulfide) groups is 1. The molecule has 0 saturated carbocycles. The molecular formula is C12H22N4OS. The van der Waals surface area contributed by atoms with Crippen molar-refractivity contribution in [3.05, 3.63) is 0 Å². The van der Waals surface area contributed by atoms with Gasteiger partial charge in [-0.25, -0.2) is 0 Å². The van der Waals surface area contributed by atoms with Gasteiger partial charge in [0.2, 0.25) is 5.17 Å². The van der Waals surface area contributed by atoms with Crippen molar-refractivity contribution in [1.82, 2.24) is 5.43 Å². The normalized spacial score (nSPS) is 17.7. The van der Waals surface area contributed by atoms with Crippen molar-refractivity contribution in [3.8, 4) is 0 Å². The van der Waals surface area contributed by atoms with Crippen LogP contribution in [-0.2, 0) is 0 Å². The lowest BCUT2D eigenvalue weighted by Gasteiger charge is -2.22. The van der Waals surface area contributed by atoms with E-state index in [1.54, 1.807) is 18.0 Å². The predicted octanol–water partition coefficient (Wildman–Crippen LogP) is 2.09. The molecule has 0 aromatic rings. The average Bonchev–Trinajstić information content (AvgIpc) is 2.28. The van der Waals surface area contributed by atoms with Crippen LogP contribution in [0.5, 0.6) is 0 Å². The van der Waals surface area contributed by atoms with Gasteiger partial charge in [-0.15, -0.1) is 5.10 Å². The lowest BCUT2D eigenvalue weighted by molar-refractivity contribution is 0.216. The maximum absolute atomic E-state index is 9.08. The number of amidine groups is 1. The summed E-state index contributed by atoms with van der Waals surface area (Å²) in [5.74, 6) is 0.828. The number of nitrogens with zero attached hydrogens (tertiary/aromatic N) is 3. The molecule has 0 atom stereocenters. The van der Waals surface area contributed by atoms with Crippen LogP contribution in [0.3, 0.4) is 0 Å². The van der Waals surface area contributed by atoms with Crippen LogP contribution in [0.1, 0.15) is 34.6 Å². The van der Waals surface area contributed by atoms with E-state index >= 15 is 0 Å². The number of hydrogen-bond donors (Lipinski definition) is 2. The molecule has 1 aliphatic rings. The zero-order chi connectivity index (χ0) is 13.8. The van der Waals surface area contributed by atoms with E-state index in [1.165, 1.54) is 0 Å². The van der Waals surface area contributed by atoms with Gasteiger partial charge in [-0.05, 0) is 0 Å². The highest BCUT2D eigenvalue weighted by molar-refractivity contribution is 8.14. The van der Waals surface area contributed by atoms with Gasteiger partial charge < -0.3 is 5.11 Å². The van der Waals surface area contributed by atoms with Crippen LogP contribution in [0.25, 0.3) is 0 Å². The van der Waals surface area contributed by atoms with Crippen LogP contribution in [0, 0.1) is 10.8 Å². The van der Waals surface area contributed by atoms with Gasteiger partial charge in [0.15, 0.2) is 0 Å². The van der Waals surface area contributed by atoms with Gasteiger partial charge in [0.1, 0.15) is 0 Å². The molecular weight excluding hydrogens is 248 g/mol. The second-order valence-electron chi connectivity index (χ2n) is 6.01. The monoisotopic (exact) mass is 270 g/mol. The predicted molar refractivity (Wildman–Crippen MR) is 79.3 cm³/mol. The van der Waals surface area contributed by atoms with Gasteiger partial charge in [0.05, 0.1) is 12.3 Å². The van der Waals surface area contributed by atoms with Crippen molar-refractivity contribution in [2.45, 2.75) is 34.6 Å². The quantitative estimate of drug-likeness (QED) is 0.609. The standard InChI is InChI=1S/C12H22N4OS/c1-11(2,3)9-6-18-10(16-14-9)15-13-7-12(4,5)8-17/h7,17H,6,8H2,1-5H3,(H,15,16)/b13-7+. The van der Waals surface area contributed by atoms with Crippen LogP contribution < -0.4 is 5.43 Å². The summed E-state index contributed by atoms with van der Waals surface area (Å²) in [6, 6.07) is 0. The van der Waals surface area contributed by atoms with E-state index in [9.17, 15) is 0 Å². The summed E-state index contributed by atoms with van der Waals surface area (Å²) in [5, 5.41) is 22.2. The Morgan fingerprint density at radius 1 is 1.33 bits per heavy atom. The van der Waals surface area contributed by atoms with Crippen molar-refractivity contribution < 1.29 is 5.11 Å². The first-order valence-electron chi connectivity index (χ1n) is 5.93. The highest BCUT2D eigenvalue weighted by Gasteiger charge is 2.22. The first-order valence-corrected chi connectivity index (χ1v) is 6.92. The SMILES string of the molecule is CC(C)(/C=N/NC1=NN=C(C(C)(C)C)CS1)CO. The largest absolute Gasteiger partial charge is 0.395 e. The molecule has 1 rings (SSSR count). The minimum atomic E-state index is -0.327. The van der Waals surface area contributed by atoms with Crippen LogP contribution in [0.15, 0.2) is 15.3 Å². The van der Waals surface area contributed by atoms with Crippen molar-refractivity contribution in [2.75, 3.05) is 12.4 Å². The molecule has 6 heteroatoms. The van der Waals surface area contributed by atoms with E-state index < -0.39 is 0 Å². The molecule has 0 fully saturated rings. The molecule has 0 radical (unpaired) electrons. The smallest absolute Gasteiger partial charge is 0.203 e. The Kier molecular flexibility index (Phi) is 4.92. The summed E-state index contributed by atoms with van der Waals surface area (Å²) in [6.45, 7) is 10.3. The Balaban J connectivity index is 2.57. The lowest BCUT2D eigenvalue weighted by Crippen LogP contribution is -2.28. The van der Waals surface area contributed by atoms with Gasteiger partial charge in [-0.2, -0.15) is 10.2 Å². The van der Waals surface area contributed by atoms with Gasteiger partial charge in [-0.3, -0.25) is 5.43 Å². The minimum Gasteiger partial charge on any atom is -0.395 e. The van der Waals surface area contributed by atoms with Crippen molar-refractivity contribution in [2.24, 2.45) is 26.1 Å². The van der Waals surface area contributed by atoms with E-state index in [1.807, 2.05) is 13.8 Å². The summed E-state index contributed by atoms with van der Waals surface area (Å²) in [6.07, 6.45) is 1.68. The third-order valence-electron chi connectivity index (χ3n) is 2.45. The fraction of sp³-hybridized carbons (Fsp3) is 0.750. The molecule has 0 aliphatic carbocycles. The van der Waals surface area contributed by atoms with Gasteiger partial charge >= 0.3 is 0 Å². The average molecular weight is 270 g/mol. The van der Waals surface area contributed by atoms with Crippen LogP contribution in [0.2, 0.25) is 0 Å². The fourth-order valence-corrected chi connectivity index (χ4v) is 2.00. The molecule has 2 N–H and O–H groups in total. The number of aliphatic hydroxyl groups excluding tert-OH is 1. The van der Waals surface area contributed by atoms with Gasteiger partial charge in [-0.1, -0.05) is 46.4 Å². The molecule has 18 heavy (non-hydrogen) atoms. The highest BCUT2D eigenvalue weighted by atomic mass is 32.2. The van der Waals surface area contributed by atoms with Crippen molar-refractivity contribution >= 4 is 28.9 Å². The molecule has 0 saturated heterocycles. The van der Waals surface area contributed by atoms with Gasteiger partial charge in [0, 0.05) is 22.8 Å². The first kappa shape index (κ1) is 15.2. The molecule has 0 aromatic heterocycles. The number of aliphatic hydroxyl groups is 1. The van der Waals surface area contributed by atoms with Crippen LogP contribution >= 0.6 is 11.8 Å². The van der Waals surface area contributed by atoms with E-state index in [4.69, 9.17) is 5.11 Å². The molecule has 0 aromatic carbocycles. The summed E-state index contributed by atoms with van der Waals surface area (Å²) in [7, 11) is 0. The lowest BCUT2D eigenvalue weighted by atomic mass is 9.91. The van der Waals surface area contributed by atoms with E-state index in [0.29, 0.717) is 5.17 Å². The third-order valence-corrected chi connectivity index (χ3v) is 3.32. The summed E-state index contributed by atoms with van der Waals surface area (Å²) >= 11 is 1.59. The first-order chi connectivity index (χ1) is 8.24. The Morgan fingerprint density at radius 2 is 2.00 bits per heavy atom. The summed E-state index contributed by atoms with van der Waals surface area (Å²) < 4.78 is 0. The fourth-order valence-electron chi connectivity index (χ4n) is 1.02. The molecule has 102 valence electrons.